The van der Waals surface area contributed by atoms with Crippen LogP contribution in [0, 0.1) is 17.1 Å². The van der Waals surface area contributed by atoms with Gasteiger partial charge >= 0.3 is 0 Å². The zero-order chi connectivity index (χ0) is 16.9. The fourth-order valence-corrected chi connectivity index (χ4v) is 2.21. The third-order valence-corrected chi connectivity index (χ3v) is 3.49. The van der Waals surface area contributed by atoms with Gasteiger partial charge in [0.1, 0.15) is 17.3 Å². The molecule has 0 fully saturated rings. The summed E-state index contributed by atoms with van der Waals surface area (Å²) >= 11 is 0. The van der Waals surface area contributed by atoms with Gasteiger partial charge in [0, 0.05) is 11.1 Å². The first-order valence-corrected chi connectivity index (χ1v) is 7.29. The van der Waals surface area contributed by atoms with E-state index in [2.05, 4.69) is 5.32 Å². The molecule has 3 aromatic rings. The van der Waals surface area contributed by atoms with Crippen LogP contribution in [-0.4, -0.2) is 5.91 Å². The summed E-state index contributed by atoms with van der Waals surface area (Å²) in [4.78, 5) is 12.1. The van der Waals surface area contributed by atoms with Gasteiger partial charge in [-0.1, -0.05) is 0 Å². The fraction of sp³-hybridized carbons (Fsp3) is 0.0526. The Morgan fingerprint density at radius 2 is 1.75 bits per heavy atom. The van der Waals surface area contributed by atoms with Crippen LogP contribution in [0.25, 0.3) is 11.3 Å². The minimum Gasteiger partial charge on any atom is -0.459 e. The minimum absolute atomic E-state index is 0.236. The van der Waals surface area contributed by atoms with Gasteiger partial charge in [-0.25, -0.2) is 4.39 Å². The molecule has 0 radical (unpaired) electrons. The molecule has 1 aromatic heterocycles. The van der Waals surface area contributed by atoms with Crippen molar-refractivity contribution in [3.63, 3.8) is 0 Å². The number of amides is 1. The first-order valence-electron chi connectivity index (χ1n) is 7.29. The molecule has 0 saturated heterocycles. The van der Waals surface area contributed by atoms with Gasteiger partial charge in [-0.2, -0.15) is 5.26 Å². The van der Waals surface area contributed by atoms with E-state index in [0.29, 0.717) is 22.6 Å². The summed E-state index contributed by atoms with van der Waals surface area (Å²) in [6.07, 6.45) is 0. The number of furan rings is 1. The standard InChI is InChI=1S/C19H13FN2O2/c20-16-7-5-14(6-8-16)18-10-9-17(24-18)12-22-19(23)15-3-1-13(11-21)2-4-15/h1-10H,12H2,(H,22,23). The Morgan fingerprint density at radius 1 is 1.04 bits per heavy atom. The normalized spacial score (nSPS) is 10.2. The Morgan fingerprint density at radius 3 is 2.42 bits per heavy atom. The molecule has 2 aromatic carbocycles. The second kappa shape index (κ2) is 6.80. The van der Waals surface area contributed by atoms with Crippen LogP contribution in [0.1, 0.15) is 21.7 Å². The van der Waals surface area contributed by atoms with Crippen molar-refractivity contribution >= 4 is 5.91 Å². The maximum absolute atomic E-state index is 12.9. The Labute approximate surface area is 138 Å². The topological polar surface area (TPSA) is 66.0 Å². The molecule has 0 spiro atoms. The number of nitrogens with zero attached hydrogens (tertiary/aromatic N) is 1. The summed E-state index contributed by atoms with van der Waals surface area (Å²) in [5, 5.41) is 11.5. The fourth-order valence-electron chi connectivity index (χ4n) is 2.21. The molecular formula is C19H13FN2O2. The van der Waals surface area contributed by atoms with Crippen molar-refractivity contribution in [2.45, 2.75) is 6.54 Å². The first kappa shape index (κ1) is 15.5. The maximum atomic E-state index is 12.9. The number of benzene rings is 2. The van der Waals surface area contributed by atoms with Crippen LogP contribution in [0.15, 0.2) is 65.1 Å². The van der Waals surface area contributed by atoms with Crippen LogP contribution >= 0.6 is 0 Å². The summed E-state index contributed by atoms with van der Waals surface area (Å²) < 4.78 is 18.6. The predicted octanol–water partition coefficient (Wildman–Crippen LogP) is 3.89. The highest BCUT2D eigenvalue weighted by Crippen LogP contribution is 2.22. The lowest BCUT2D eigenvalue weighted by Gasteiger charge is -2.03. The highest BCUT2D eigenvalue weighted by atomic mass is 19.1. The highest BCUT2D eigenvalue weighted by molar-refractivity contribution is 5.94. The van der Waals surface area contributed by atoms with E-state index in [1.54, 1.807) is 48.5 Å². The molecule has 0 atom stereocenters. The van der Waals surface area contributed by atoms with Crippen LogP contribution in [-0.2, 0) is 6.54 Å². The molecule has 0 aliphatic rings. The van der Waals surface area contributed by atoms with Crippen molar-refractivity contribution in [3.8, 4) is 17.4 Å². The number of carbonyl (C=O) groups excluding carboxylic acids is 1. The molecule has 1 amide bonds. The molecule has 0 aliphatic heterocycles. The number of nitrogens with one attached hydrogen (secondary N) is 1. The van der Waals surface area contributed by atoms with Gasteiger partial charge in [0.15, 0.2) is 0 Å². The Bertz CT molecular complexity index is 890. The molecule has 118 valence electrons. The van der Waals surface area contributed by atoms with Crippen LogP contribution in [0.2, 0.25) is 0 Å². The summed E-state index contributed by atoms with van der Waals surface area (Å²) in [5.41, 5.74) is 1.74. The van der Waals surface area contributed by atoms with Crippen LogP contribution < -0.4 is 5.32 Å². The minimum atomic E-state index is -0.305. The first-order chi connectivity index (χ1) is 11.7. The molecule has 1 N–H and O–H groups in total. The van der Waals surface area contributed by atoms with Gasteiger partial charge in [-0.15, -0.1) is 0 Å². The largest absolute Gasteiger partial charge is 0.459 e. The van der Waals surface area contributed by atoms with E-state index in [4.69, 9.17) is 9.68 Å². The Balaban J connectivity index is 1.63. The van der Waals surface area contributed by atoms with E-state index >= 15 is 0 Å². The van der Waals surface area contributed by atoms with Gasteiger partial charge in [-0.05, 0) is 60.7 Å². The van der Waals surface area contributed by atoms with Gasteiger partial charge in [0.05, 0.1) is 18.2 Å². The van der Waals surface area contributed by atoms with Crippen molar-refractivity contribution in [1.29, 1.82) is 5.26 Å². The summed E-state index contributed by atoms with van der Waals surface area (Å²) in [6.45, 7) is 0.236. The van der Waals surface area contributed by atoms with E-state index in [0.717, 1.165) is 5.56 Å². The van der Waals surface area contributed by atoms with E-state index in [9.17, 15) is 9.18 Å². The molecule has 0 bridgehead atoms. The Hall–Kier alpha value is -3.39. The lowest BCUT2D eigenvalue weighted by atomic mass is 10.1. The lowest BCUT2D eigenvalue weighted by Crippen LogP contribution is -2.22. The average Bonchev–Trinajstić information content (AvgIpc) is 3.09. The van der Waals surface area contributed by atoms with Crippen LogP contribution in [0.5, 0.6) is 0 Å². The number of hydrogen-bond acceptors (Lipinski definition) is 3. The SMILES string of the molecule is N#Cc1ccc(C(=O)NCc2ccc(-c3ccc(F)cc3)o2)cc1. The van der Waals surface area contributed by atoms with E-state index in [-0.39, 0.29) is 18.3 Å². The lowest BCUT2D eigenvalue weighted by molar-refractivity contribution is 0.0948. The van der Waals surface area contributed by atoms with E-state index < -0.39 is 0 Å². The third kappa shape index (κ3) is 3.50. The number of halogens is 1. The van der Waals surface area contributed by atoms with E-state index in [1.165, 1.54) is 12.1 Å². The molecule has 3 rings (SSSR count). The zero-order valence-electron chi connectivity index (χ0n) is 12.6. The van der Waals surface area contributed by atoms with Crippen molar-refractivity contribution in [2.75, 3.05) is 0 Å². The molecule has 24 heavy (non-hydrogen) atoms. The third-order valence-electron chi connectivity index (χ3n) is 3.49. The number of rotatable bonds is 4. The monoisotopic (exact) mass is 320 g/mol. The maximum Gasteiger partial charge on any atom is 0.251 e. The Kier molecular flexibility index (Phi) is 4.39. The van der Waals surface area contributed by atoms with Gasteiger partial charge < -0.3 is 9.73 Å². The second-order valence-corrected chi connectivity index (χ2v) is 5.14. The number of carbonyl (C=O) groups is 1. The van der Waals surface area contributed by atoms with Gasteiger partial charge in [-0.3, -0.25) is 4.79 Å². The van der Waals surface area contributed by atoms with Crippen molar-refractivity contribution in [1.82, 2.24) is 5.32 Å². The number of nitriles is 1. The average molecular weight is 320 g/mol. The molecule has 1 heterocycles. The highest BCUT2D eigenvalue weighted by Gasteiger charge is 2.08. The molecule has 4 nitrogen and oxygen atoms in total. The van der Waals surface area contributed by atoms with Gasteiger partial charge in [0.25, 0.3) is 5.91 Å². The van der Waals surface area contributed by atoms with Crippen LogP contribution in [0.3, 0.4) is 0 Å². The molecule has 0 unspecified atom stereocenters. The zero-order valence-corrected chi connectivity index (χ0v) is 12.6. The van der Waals surface area contributed by atoms with Crippen molar-refractivity contribution in [2.24, 2.45) is 0 Å². The van der Waals surface area contributed by atoms with Gasteiger partial charge in [0.2, 0.25) is 0 Å². The van der Waals surface area contributed by atoms with Crippen LogP contribution in [0.4, 0.5) is 4.39 Å². The summed E-state index contributed by atoms with van der Waals surface area (Å²) in [7, 11) is 0. The quantitative estimate of drug-likeness (QED) is 0.793. The van der Waals surface area contributed by atoms with Crippen molar-refractivity contribution < 1.29 is 13.6 Å². The molecular weight excluding hydrogens is 307 g/mol. The van der Waals surface area contributed by atoms with Crippen molar-refractivity contribution in [3.05, 3.63) is 83.4 Å². The molecule has 0 aliphatic carbocycles. The smallest absolute Gasteiger partial charge is 0.251 e. The second-order valence-electron chi connectivity index (χ2n) is 5.14. The molecule has 5 heteroatoms. The van der Waals surface area contributed by atoms with E-state index in [1.807, 2.05) is 6.07 Å². The summed E-state index contributed by atoms with van der Waals surface area (Å²) in [6, 6.07) is 17.9. The summed E-state index contributed by atoms with van der Waals surface area (Å²) in [5.74, 6) is 0.647. The predicted molar refractivity (Wildman–Crippen MR) is 86.4 cm³/mol. The number of hydrogen-bond donors (Lipinski definition) is 1. The molecule has 0 saturated carbocycles.